The number of likely N-dealkylation sites (N-methyl/N-ethyl adjacent to an activating group) is 1. The molecule has 0 bridgehead atoms. The van der Waals surface area contributed by atoms with Gasteiger partial charge in [0.25, 0.3) is 0 Å². The minimum absolute atomic E-state index is 0.258. The summed E-state index contributed by atoms with van der Waals surface area (Å²) in [6.45, 7) is 6.74. The third-order valence-corrected chi connectivity index (χ3v) is 3.90. The summed E-state index contributed by atoms with van der Waals surface area (Å²) in [5, 5.41) is 8.86. The van der Waals surface area contributed by atoms with Crippen LogP contribution < -0.4 is 0 Å². The largest absolute Gasteiger partial charge is 0.298 e. The average molecular weight is 207 g/mol. The van der Waals surface area contributed by atoms with Crippen molar-refractivity contribution in [3.05, 3.63) is 0 Å². The maximum absolute atomic E-state index is 8.86. The zero-order valence-electron chi connectivity index (χ0n) is 10.0. The second-order valence-corrected chi connectivity index (χ2v) is 5.61. The molecule has 0 aromatic heterocycles. The fraction of sp³-hybridized carbons (Fsp3) is 0.917. The predicted molar refractivity (Wildman–Crippen MR) is 60.5 cm³/mol. The molecule has 1 aliphatic carbocycles. The molecule has 2 rings (SSSR count). The maximum Gasteiger partial charge on any atom is 0.0638 e. The van der Waals surface area contributed by atoms with E-state index in [2.05, 4.69) is 36.8 Å². The topological polar surface area (TPSA) is 30.3 Å². The van der Waals surface area contributed by atoms with Gasteiger partial charge >= 0.3 is 0 Å². The second-order valence-electron chi connectivity index (χ2n) is 5.61. The second kappa shape index (κ2) is 3.77. The molecule has 0 N–H and O–H groups in total. The fourth-order valence-electron chi connectivity index (χ4n) is 2.49. The van der Waals surface area contributed by atoms with E-state index >= 15 is 0 Å². The van der Waals surface area contributed by atoms with E-state index in [4.69, 9.17) is 5.26 Å². The standard InChI is InChI=1S/C12H21N3/c1-12(2)9-15(10-4-5-10)11(6-7-13)8-14(12)3/h10-11H,4-6,8-9H2,1-3H3. The highest BCUT2D eigenvalue weighted by atomic mass is 15.3. The van der Waals surface area contributed by atoms with E-state index in [0.717, 1.165) is 19.1 Å². The first-order valence-electron chi connectivity index (χ1n) is 5.88. The molecule has 1 aliphatic heterocycles. The summed E-state index contributed by atoms with van der Waals surface area (Å²) in [6.07, 6.45) is 3.35. The molecule has 0 spiro atoms. The summed E-state index contributed by atoms with van der Waals surface area (Å²) < 4.78 is 0. The van der Waals surface area contributed by atoms with E-state index in [0.29, 0.717) is 12.5 Å². The molecule has 0 radical (unpaired) electrons. The predicted octanol–water partition coefficient (Wildman–Crippen LogP) is 1.46. The van der Waals surface area contributed by atoms with Crippen molar-refractivity contribution < 1.29 is 0 Å². The van der Waals surface area contributed by atoms with E-state index in [1.165, 1.54) is 12.8 Å². The Bertz CT molecular complexity index is 275. The minimum atomic E-state index is 0.258. The molecule has 3 heteroatoms. The third-order valence-electron chi connectivity index (χ3n) is 3.90. The Labute approximate surface area is 92.7 Å². The van der Waals surface area contributed by atoms with Crippen LogP contribution in [0.1, 0.15) is 33.1 Å². The van der Waals surface area contributed by atoms with Crippen molar-refractivity contribution in [2.24, 2.45) is 0 Å². The van der Waals surface area contributed by atoms with Crippen molar-refractivity contribution in [3.8, 4) is 6.07 Å². The van der Waals surface area contributed by atoms with Crippen molar-refractivity contribution in [1.82, 2.24) is 9.80 Å². The van der Waals surface area contributed by atoms with Gasteiger partial charge in [0.1, 0.15) is 0 Å². The summed E-state index contributed by atoms with van der Waals surface area (Å²) in [5.41, 5.74) is 0.258. The van der Waals surface area contributed by atoms with Gasteiger partial charge in [-0.3, -0.25) is 9.80 Å². The van der Waals surface area contributed by atoms with Crippen LogP contribution in [0.5, 0.6) is 0 Å². The lowest BCUT2D eigenvalue weighted by Crippen LogP contribution is -2.62. The van der Waals surface area contributed by atoms with Gasteiger partial charge in [0.05, 0.1) is 12.5 Å². The first kappa shape index (κ1) is 10.9. The van der Waals surface area contributed by atoms with Gasteiger partial charge in [-0.25, -0.2) is 0 Å². The van der Waals surface area contributed by atoms with Crippen LogP contribution in [0.25, 0.3) is 0 Å². The van der Waals surface area contributed by atoms with Crippen LogP contribution in [0.2, 0.25) is 0 Å². The molecule has 2 aliphatic rings. The molecule has 0 aromatic carbocycles. The van der Waals surface area contributed by atoms with Crippen molar-refractivity contribution in [2.75, 3.05) is 20.1 Å². The van der Waals surface area contributed by atoms with Crippen molar-refractivity contribution in [1.29, 1.82) is 5.26 Å². The van der Waals surface area contributed by atoms with Crippen LogP contribution >= 0.6 is 0 Å². The number of nitriles is 1. The quantitative estimate of drug-likeness (QED) is 0.686. The Balaban J connectivity index is 2.08. The molecule has 2 fully saturated rings. The van der Waals surface area contributed by atoms with E-state index in [-0.39, 0.29) is 5.54 Å². The van der Waals surface area contributed by atoms with Crippen molar-refractivity contribution in [3.63, 3.8) is 0 Å². The van der Waals surface area contributed by atoms with Gasteiger partial charge in [-0.2, -0.15) is 5.26 Å². The summed E-state index contributed by atoms with van der Waals surface area (Å²) >= 11 is 0. The van der Waals surface area contributed by atoms with Gasteiger partial charge in [-0.1, -0.05) is 0 Å². The van der Waals surface area contributed by atoms with Crippen molar-refractivity contribution >= 4 is 0 Å². The van der Waals surface area contributed by atoms with Crippen LogP contribution in [0.3, 0.4) is 0 Å². The van der Waals surface area contributed by atoms with Gasteiger partial charge < -0.3 is 0 Å². The Kier molecular flexibility index (Phi) is 2.74. The molecular formula is C12H21N3. The molecule has 84 valence electrons. The molecular weight excluding hydrogens is 186 g/mol. The monoisotopic (exact) mass is 207 g/mol. The smallest absolute Gasteiger partial charge is 0.0638 e. The van der Waals surface area contributed by atoms with Crippen LogP contribution in [0, 0.1) is 11.3 Å². The Morgan fingerprint density at radius 2 is 2.07 bits per heavy atom. The molecule has 3 nitrogen and oxygen atoms in total. The van der Waals surface area contributed by atoms with Gasteiger partial charge in [0.2, 0.25) is 0 Å². The van der Waals surface area contributed by atoms with Gasteiger partial charge in [0.15, 0.2) is 0 Å². The first-order valence-corrected chi connectivity index (χ1v) is 5.88. The molecule has 0 aromatic rings. The van der Waals surface area contributed by atoms with Crippen LogP contribution in [-0.4, -0.2) is 47.6 Å². The van der Waals surface area contributed by atoms with E-state index in [9.17, 15) is 0 Å². The van der Waals surface area contributed by atoms with Gasteiger partial charge in [-0.05, 0) is 33.7 Å². The molecule has 1 saturated heterocycles. The van der Waals surface area contributed by atoms with Crippen molar-refractivity contribution in [2.45, 2.75) is 50.7 Å². The zero-order chi connectivity index (χ0) is 11.1. The third kappa shape index (κ3) is 2.16. The summed E-state index contributed by atoms with van der Waals surface area (Å²) in [4.78, 5) is 4.97. The fourth-order valence-corrected chi connectivity index (χ4v) is 2.49. The average Bonchev–Trinajstić information content (AvgIpc) is 2.95. The SMILES string of the molecule is CN1CC(CC#N)N(C2CC2)CC1(C)C. The van der Waals surface area contributed by atoms with Gasteiger partial charge in [-0.15, -0.1) is 0 Å². The number of piperazine rings is 1. The van der Waals surface area contributed by atoms with E-state index in [1.54, 1.807) is 0 Å². The van der Waals surface area contributed by atoms with E-state index in [1.807, 2.05) is 0 Å². The number of hydrogen-bond donors (Lipinski definition) is 0. The van der Waals surface area contributed by atoms with Crippen LogP contribution in [0.15, 0.2) is 0 Å². The minimum Gasteiger partial charge on any atom is -0.298 e. The lowest BCUT2D eigenvalue weighted by Gasteiger charge is -2.49. The molecule has 0 amide bonds. The maximum atomic E-state index is 8.86. The number of nitrogens with zero attached hydrogens (tertiary/aromatic N) is 3. The van der Waals surface area contributed by atoms with Crippen LogP contribution in [0.4, 0.5) is 0 Å². The molecule has 1 heterocycles. The van der Waals surface area contributed by atoms with Crippen LogP contribution in [-0.2, 0) is 0 Å². The summed E-state index contributed by atoms with van der Waals surface area (Å²) in [6, 6.07) is 3.56. The number of rotatable bonds is 2. The van der Waals surface area contributed by atoms with E-state index < -0.39 is 0 Å². The number of hydrogen-bond acceptors (Lipinski definition) is 3. The molecule has 1 saturated carbocycles. The molecule has 1 unspecified atom stereocenters. The highest BCUT2D eigenvalue weighted by Gasteiger charge is 2.42. The lowest BCUT2D eigenvalue weighted by molar-refractivity contribution is -0.00432. The zero-order valence-corrected chi connectivity index (χ0v) is 10.0. The first-order chi connectivity index (χ1) is 7.04. The molecule has 15 heavy (non-hydrogen) atoms. The van der Waals surface area contributed by atoms with Gasteiger partial charge in [0, 0.05) is 30.7 Å². The lowest BCUT2D eigenvalue weighted by atomic mass is 9.95. The molecule has 1 atom stereocenters. The summed E-state index contributed by atoms with van der Waals surface area (Å²) in [7, 11) is 2.18. The Morgan fingerprint density at radius 1 is 1.40 bits per heavy atom. The Hall–Kier alpha value is -0.590. The summed E-state index contributed by atoms with van der Waals surface area (Å²) in [5.74, 6) is 0. The Morgan fingerprint density at radius 3 is 2.60 bits per heavy atom. The normalized spacial score (nSPS) is 32.5. The highest BCUT2D eigenvalue weighted by molar-refractivity contribution is 5.01. The highest BCUT2D eigenvalue weighted by Crippen LogP contribution is 2.34.